The molecule has 5 aromatic carbocycles. The van der Waals surface area contributed by atoms with Crippen molar-refractivity contribution in [3.63, 3.8) is 0 Å². The van der Waals surface area contributed by atoms with Gasteiger partial charge in [0.05, 0.1) is 11.6 Å². The Morgan fingerprint density at radius 1 is 0.684 bits per heavy atom. The Labute approximate surface area is 224 Å². The average molecular weight is 494 g/mol. The standard InChI is InChI=1S/C36H28FN/c1-26(30-5-3-2-4-6-30)23-28-10-16-32(17-11-28)31-14-7-27(8-15-31)9-20-34-21-22-35(24-36(34)37)33-18-12-29(25-38)13-19-33/h2-22,24,26H,23H2,1H3/b20-9+. The van der Waals surface area contributed by atoms with Crippen LogP contribution in [0.25, 0.3) is 34.4 Å². The van der Waals surface area contributed by atoms with E-state index in [2.05, 4.69) is 91.9 Å². The van der Waals surface area contributed by atoms with E-state index in [1.807, 2.05) is 24.3 Å². The summed E-state index contributed by atoms with van der Waals surface area (Å²) in [5, 5.41) is 8.96. The van der Waals surface area contributed by atoms with Crippen molar-refractivity contribution < 1.29 is 4.39 Å². The predicted molar refractivity (Wildman–Crippen MR) is 156 cm³/mol. The minimum Gasteiger partial charge on any atom is -0.206 e. The van der Waals surface area contributed by atoms with Gasteiger partial charge in [-0.05, 0) is 69.5 Å². The molecule has 0 N–H and O–H groups in total. The van der Waals surface area contributed by atoms with Crippen molar-refractivity contribution in [2.75, 3.05) is 0 Å². The Hall–Kier alpha value is -4.74. The van der Waals surface area contributed by atoms with Crippen LogP contribution in [-0.4, -0.2) is 0 Å². The van der Waals surface area contributed by atoms with Crippen molar-refractivity contribution in [3.05, 3.63) is 155 Å². The molecule has 0 bridgehead atoms. The summed E-state index contributed by atoms with van der Waals surface area (Å²) in [6.07, 6.45) is 4.74. The monoisotopic (exact) mass is 493 g/mol. The highest BCUT2D eigenvalue weighted by molar-refractivity contribution is 5.74. The second kappa shape index (κ2) is 11.5. The largest absolute Gasteiger partial charge is 0.206 e. The molecule has 1 unspecified atom stereocenters. The second-order valence-electron chi connectivity index (χ2n) is 9.59. The third-order valence-electron chi connectivity index (χ3n) is 6.91. The van der Waals surface area contributed by atoms with Crippen LogP contribution in [0.4, 0.5) is 4.39 Å². The van der Waals surface area contributed by atoms with E-state index in [1.165, 1.54) is 22.8 Å². The highest BCUT2D eigenvalue weighted by Crippen LogP contribution is 2.26. The summed E-state index contributed by atoms with van der Waals surface area (Å²) >= 11 is 0. The summed E-state index contributed by atoms with van der Waals surface area (Å²) in [4.78, 5) is 0. The Morgan fingerprint density at radius 2 is 1.26 bits per heavy atom. The van der Waals surface area contributed by atoms with Gasteiger partial charge < -0.3 is 0 Å². The number of nitrogens with zero attached hydrogens (tertiary/aromatic N) is 1. The molecule has 0 aliphatic heterocycles. The van der Waals surface area contributed by atoms with Crippen LogP contribution in [0, 0.1) is 17.1 Å². The maximum atomic E-state index is 14.8. The van der Waals surface area contributed by atoms with E-state index in [0.29, 0.717) is 17.0 Å². The molecule has 2 heteroatoms. The van der Waals surface area contributed by atoms with E-state index in [-0.39, 0.29) is 5.82 Å². The SMILES string of the molecule is CC(Cc1ccc(-c2ccc(/C=C/c3ccc(-c4ccc(C#N)cc4)cc3F)cc2)cc1)c1ccccc1. The van der Waals surface area contributed by atoms with Gasteiger partial charge in [-0.2, -0.15) is 5.26 Å². The fourth-order valence-corrected chi connectivity index (χ4v) is 4.64. The Kier molecular flexibility index (Phi) is 7.57. The highest BCUT2D eigenvalue weighted by Gasteiger charge is 2.07. The molecule has 0 aromatic heterocycles. The van der Waals surface area contributed by atoms with Crippen LogP contribution >= 0.6 is 0 Å². The molecule has 184 valence electrons. The van der Waals surface area contributed by atoms with Gasteiger partial charge >= 0.3 is 0 Å². The van der Waals surface area contributed by atoms with E-state index in [4.69, 9.17) is 5.26 Å². The smallest absolute Gasteiger partial charge is 0.131 e. The molecule has 0 heterocycles. The molecule has 0 saturated heterocycles. The molecule has 5 rings (SSSR count). The van der Waals surface area contributed by atoms with Crippen molar-refractivity contribution in [2.24, 2.45) is 0 Å². The van der Waals surface area contributed by atoms with Crippen LogP contribution < -0.4 is 0 Å². The topological polar surface area (TPSA) is 23.8 Å². The number of halogens is 1. The van der Waals surface area contributed by atoms with E-state index in [1.54, 1.807) is 24.3 Å². The maximum Gasteiger partial charge on any atom is 0.131 e. The van der Waals surface area contributed by atoms with Crippen LogP contribution in [0.3, 0.4) is 0 Å². The van der Waals surface area contributed by atoms with Gasteiger partial charge in [-0.3, -0.25) is 0 Å². The quantitative estimate of drug-likeness (QED) is 0.207. The van der Waals surface area contributed by atoms with Crippen LogP contribution in [0.15, 0.2) is 121 Å². The fourth-order valence-electron chi connectivity index (χ4n) is 4.64. The predicted octanol–water partition coefficient (Wildman–Crippen LogP) is 9.55. The molecule has 0 amide bonds. The lowest BCUT2D eigenvalue weighted by Crippen LogP contribution is -1.98. The number of rotatable bonds is 7. The lowest BCUT2D eigenvalue weighted by molar-refractivity contribution is 0.625. The van der Waals surface area contributed by atoms with Crippen molar-refractivity contribution in [1.82, 2.24) is 0 Å². The average Bonchev–Trinajstić information content (AvgIpc) is 2.98. The summed E-state index contributed by atoms with van der Waals surface area (Å²) < 4.78 is 14.8. The van der Waals surface area contributed by atoms with Crippen molar-refractivity contribution in [3.8, 4) is 28.3 Å². The van der Waals surface area contributed by atoms with Crippen LogP contribution in [-0.2, 0) is 6.42 Å². The van der Waals surface area contributed by atoms with Crippen molar-refractivity contribution >= 4 is 12.2 Å². The van der Waals surface area contributed by atoms with Gasteiger partial charge in [0, 0.05) is 5.56 Å². The zero-order valence-corrected chi connectivity index (χ0v) is 21.3. The summed E-state index contributed by atoms with van der Waals surface area (Å²) in [5.41, 5.74) is 8.83. The maximum absolute atomic E-state index is 14.8. The van der Waals surface area contributed by atoms with Crippen LogP contribution in [0.5, 0.6) is 0 Å². The number of hydrogen-bond donors (Lipinski definition) is 0. The summed E-state index contributed by atoms with van der Waals surface area (Å²) in [6.45, 7) is 2.27. The Morgan fingerprint density at radius 3 is 1.89 bits per heavy atom. The second-order valence-corrected chi connectivity index (χ2v) is 9.59. The minimum atomic E-state index is -0.276. The Balaban J connectivity index is 1.23. The van der Waals surface area contributed by atoms with Gasteiger partial charge in [0.1, 0.15) is 5.82 Å². The molecule has 1 atom stereocenters. The van der Waals surface area contributed by atoms with Gasteiger partial charge in [0.2, 0.25) is 0 Å². The fraction of sp³-hybridized carbons (Fsp3) is 0.0833. The van der Waals surface area contributed by atoms with E-state index < -0.39 is 0 Å². The third-order valence-corrected chi connectivity index (χ3v) is 6.91. The summed E-state index contributed by atoms with van der Waals surface area (Å²) in [6, 6.07) is 42.2. The van der Waals surface area contributed by atoms with Gasteiger partial charge in [-0.15, -0.1) is 0 Å². The molecule has 38 heavy (non-hydrogen) atoms. The first-order chi connectivity index (χ1) is 18.6. The van der Waals surface area contributed by atoms with Crippen LogP contribution in [0.2, 0.25) is 0 Å². The first-order valence-corrected chi connectivity index (χ1v) is 12.8. The van der Waals surface area contributed by atoms with Gasteiger partial charge in [-0.1, -0.05) is 122 Å². The lowest BCUT2D eigenvalue weighted by atomic mass is 9.93. The number of hydrogen-bond acceptors (Lipinski definition) is 1. The first kappa shape index (κ1) is 24.9. The Bertz CT molecular complexity index is 1570. The van der Waals surface area contributed by atoms with Gasteiger partial charge in [-0.25, -0.2) is 4.39 Å². The van der Waals surface area contributed by atoms with Crippen molar-refractivity contribution in [2.45, 2.75) is 19.3 Å². The molecule has 0 aliphatic rings. The molecule has 5 aromatic rings. The van der Waals surface area contributed by atoms with E-state index in [9.17, 15) is 4.39 Å². The molecule has 0 fully saturated rings. The lowest BCUT2D eigenvalue weighted by Gasteiger charge is -2.12. The first-order valence-electron chi connectivity index (χ1n) is 12.8. The number of nitriles is 1. The zero-order chi connectivity index (χ0) is 26.3. The molecular formula is C36H28FN. The molecule has 0 radical (unpaired) electrons. The summed E-state index contributed by atoms with van der Waals surface area (Å²) in [7, 11) is 0. The molecule has 0 aliphatic carbocycles. The molecule has 0 saturated carbocycles. The van der Waals surface area contributed by atoms with Gasteiger partial charge in [0.15, 0.2) is 0 Å². The zero-order valence-electron chi connectivity index (χ0n) is 21.3. The summed E-state index contributed by atoms with van der Waals surface area (Å²) in [5.74, 6) is 0.200. The molecular weight excluding hydrogens is 465 g/mol. The molecule has 1 nitrogen and oxygen atoms in total. The van der Waals surface area contributed by atoms with Crippen molar-refractivity contribution in [1.29, 1.82) is 5.26 Å². The normalized spacial score (nSPS) is 11.8. The molecule has 0 spiro atoms. The van der Waals surface area contributed by atoms with E-state index >= 15 is 0 Å². The van der Waals surface area contributed by atoms with Gasteiger partial charge in [0.25, 0.3) is 0 Å². The van der Waals surface area contributed by atoms with E-state index in [0.717, 1.165) is 28.7 Å². The number of benzene rings is 5. The van der Waals surface area contributed by atoms with Crippen LogP contribution in [0.1, 0.15) is 40.7 Å². The minimum absolute atomic E-state index is 0.276. The third kappa shape index (κ3) is 5.97. The highest BCUT2D eigenvalue weighted by atomic mass is 19.1.